The summed E-state index contributed by atoms with van der Waals surface area (Å²) in [7, 11) is 0. The molecule has 1 aliphatic carbocycles. The van der Waals surface area contributed by atoms with Crippen LogP contribution < -0.4 is 5.32 Å². The fraction of sp³-hybridized carbons (Fsp3) is 0.615. The SMILES string of the molecule is CC1(CNCc2ncncc2C(=O)O)CCCC1. The van der Waals surface area contributed by atoms with Gasteiger partial charge in [-0.3, -0.25) is 0 Å². The highest BCUT2D eigenvalue weighted by Gasteiger charge is 2.28. The van der Waals surface area contributed by atoms with Gasteiger partial charge in [0.2, 0.25) is 0 Å². The molecule has 2 N–H and O–H groups in total. The van der Waals surface area contributed by atoms with Gasteiger partial charge in [0.15, 0.2) is 0 Å². The molecule has 0 bridgehead atoms. The van der Waals surface area contributed by atoms with Gasteiger partial charge in [0.05, 0.1) is 5.69 Å². The minimum Gasteiger partial charge on any atom is -0.478 e. The van der Waals surface area contributed by atoms with Crippen molar-refractivity contribution in [2.24, 2.45) is 5.41 Å². The van der Waals surface area contributed by atoms with Crippen LogP contribution in [0.15, 0.2) is 12.5 Å². The van der Waals surface area contributed by atoms with Crippen LogP contribution in [0.5, 0.6) is 0 Å². The number of carboxylic acid groups (broad SMARTS) is 1. The molecule has 18 heavy (non-hydrogen) atoms. The van der Waals surface area contributed by atoms with E-state index in [9.17, 15) is 4.79 Å². The average Bonchev–Trinajstić information content (AvgIpc) is 2.77. The topological polar surface area (TPSA) is 75.1 Å². The summed E-state index contributed by atoms with van der Waals surface area (Å²) in [6.07, 6.45) is 7.83. The molecule has 0 unspecified atom stereocenters. The van der Waals surface area contributed by atoms with Crippen LogP contribution in [0.2, 0.25) is 0 Å². The van der Waals surface area contributed by atoms with Crippen molar-refractivity contribution in [3.63, 3.8) is 0 Å². The van der Waals surface area contributed by atoms with Crippen LogP contribution in [-0.2, 0) is 6.54 Å². The number of nitrogens with zero attached hydrogens (tertiary/aromatic N) is 2. The highest BCUT2D eigenvalue weighted by atomic mass is 16.4. The third kappa shape index (κ3) is 3.04. The van der Waals surface area contributed by atoms with E-state index in [1.54, 1.807) is 0 Å². The van der Waals surface area contributed by atoms with Crippen molar-refractivity contribution in [2.45, 2.75) is 39.2 Å². The standard InChI is InChI=1S/C13H19N3O2/c1-13(4-2-3-5-13)8-14-7-11-10(12(17)18)6-15-9-16-11/h6,9,14H,2-5,7-8H2,1H3,(H,17,18). The number of carbonyl (C=O) groups is 1. The second kappa shape index (κ2) is 5.44. The molecule has 2 rings (SSSR count). The minimum atomic E-state index is -0.973. The minimum absolute atomic E-state index is 0.182. The summed E-state index contributed by atoms with van der Waals surface area (Å²) in [4.78, 5) is 18.8. The van der Waals surface area contributed by atoms with E-state index >= 15 is 0 Å². The molecule has 1 aromatic heterocycles. The normalized spacial score (nSPS) is 17.8. The first-order valence-corrected chi connectivity index (χ1v) is 6.34. The lowest BCUT2D eigenvalue weighted by atomic mass is 9.89. The van der Waals surface area contributed by atoms with Gasteiger partial charge in [0.1, 0.15) is 11.9 Å². The first-order valence-electron chi connectivity index (χ1n) is 6.34. The Labute approximate surface area is 107 Å². The maximum atomic E-state index is 11.0. The smallest absolute Gasteiger partial charge is 0.339 e. The Morgan fingerprint density at radius 1 is 1.50 bits per heavy atom. The van der Waals surface area contributed by atoms with Crippen molar-refractivity contribution < 1.29 is 9.90 Å². The van der Waals surface area contributed by atoms with E-state index in [2.05, 4.69) is 22.2 Å². The molecule has 1 aliphatic rings. The first-order chi connectivity index (χ1) is 8.61. The predicted molar refractivity (Wildman–Crippen MR) is 67.3 cm³/mol. The fourth-order valence-electron chi connectivity index (χ4n) is 2.56. The summed E-state index contributed by atoms with van der Waals surface area (Å²) < 4.78 is 0. The highest BCUT2D eigenvalue weighted by Crippen LogP contribution is 2.36. The van der Waals surface area contributed by atoms with Crippen molar-refractivity contribution >= 4 is 5.97 Å². The van der Waals surface area contributed by atoms with Crippen LogP contribution in [0, 0.1) is 5.41 Å². The van der Waals surface area contributed by atoms with Crippen molar-refractivity contribution in [2.75, 3.05) is 6.54 Å². The monoisotopic (exact) mass is 249 g/mol. The number of carboxylic acids is 1. The van der Waals surface area contributed by atoms with Gasteiger partial charge in [-0.15, -0.1) is 0 Å². The van der Waals surface area contributed by atoms with E-state index in [1.165, 1.54) is 38.2 Å². The molecular formula is C13H19N3O2. The summed E-state index contributed by atoms with van der Waals surface area (Å²) in [5.74, 6) is -0.973. The predicted octanol–water partition coefficient (Wildman–Crippen LogP) is 1.84. The van der Waals surface area contributed by atoms with Gasteiger partial charge in [0.25, 0.3) is 0 Å². The van der Waals surface area contributed by atoms with E-state index in [4.69, 9.17) is 5.11 Å². The molecular weight excluding hydrogens is 230 g/mol. The number of aromatic nitrogens is 2. The van der Waals surface area contributed by atoms with E-state index in [1.807, 2.05) is 0 Å². The zero-order chi connectivity index (χ0) is 13.0. The van der Waals surface area contributed by atoms with E-state index in [0.29, 0.717) is 17.7 Å². The third-order valence-corrected chi connectivity index (χ3v) is 3.68. The summed E-state index contributed by atoms with van der Waals surface area (Å²) in [5.41, 5.74) is 1.09. The zero-order valence-electron chi connectivity index (χ0n) is 10.6. The lowest BCUT2D eigenvalue weighted by molar-refractivity contribution is 0.0694. The molecule has 5 heteroatoms. The van der Waals surface area contributed by atoms with E-state index < -0.39 is 5.97 Å². The van der Waals surface area contributed by atoms with Gasteiger partial charge in [-0.1, -0.05) is 19.8 Å². The first kappa shape index (κ1) is 13.0. The zero-order valence-corrected chi connectivity index (χ0v) is 10.6. The Hall–Kier alpha value is -1.49. The average molecular weight is 249 g/mol. The maximum Gasteiger partial charge on any atom is 0.339 e. The van der Waals surface area contributed by atoms with Crippen LogP contribution in [0.3, 0.4) is 0 Å². The second-order valence-electron chi connectivity index (χ2n) is 5.31. The van der Waals surface area contributed by atoms with Crippen molar-refractivity contribution in [3.8, 4) is 0 Å². The number of nitrogens with one attached hydrogen (secondary N) is 1. The summed E-state index contributed by atoms with van der Waals surface area (Å²) in [6, 6.07) is 0. The number of rotatable bonds is 5. The molecule has 0 saturated heterocycles. The van der Waals surface area contributed by atoms with Gasteiger partial charge in [-0.2, -0.15) is 0 Å². The van der Waals surface area contributed by atoms with Gasteiger partial charge < -0.3 is 10.4 Å². The number of hydrogen-bond donors (Lipinski definition) is 2. The molecule has 0 spiro atoms. The van der Waals surface area contributed by atoms with Crippen LogP contribution >= 0.6 is 0 Å². The molecule has 5 nitrogen and oxygen atoms in total. The molecule has 0 amide bonds. The number of aromatic carboxylic acids is 1. The lowest BCUT2D eigenvalue weighted by Crippen LogP contribution is -2.30. The van der Waals surface area contributed by atoms with Gasteiger partial charge in [0, 0.05) is 19.3 Å². The van der Waals surface area contributed by atoms with Crippen LogP contribution in [0.4, 0.5) is 0 Å². The second-order valence-corrected chi connectivity index (χ2v) is 5.31. The Kier molecular flexibility index (Phi) is 3.91. The van der Waals surface area contributed by atoms with Crippen molar-refractivity contribution in [1.29, 1.82) is 0 Å². The molecule has 1 saturated carbocycles. The molecule has 0 aliphatic heterocycles. The molecule has 1 aromatic rings. The van der Waals surface area contributed by atoms with Gasteiger partial charge in [-0.25, -0.2) is 14.8 Å². The third-order valence-electron chi connectivity index (χ3n) is 3.68. The maximum absolute atomic E-state index is 11.0. The summed E-state index contributed by atoms with van der Waals surface area (Å²) in [6.45, 7) is 3.68. The van der Waals surface area contributed by atoms with Crippen LogP contribution in [-0.4, -0.2) is 27.6 Å². The molecule has 0 atom stereocenters. The van der Waals surface area contributed by atoms with Crippen molar-refractivity contribution in [1.82, 2.24) is 15.3 Å². The van der Waals surface area contributed by atoms with Gasteiger partial charge in [-0.05, 0) is 18.3 Å². The molecule has 0 aromatic carbocycles. The summed E-state index contributed by atoms with van der Waals surface area (Å²) >= 11 is 0. The lowest BCUT2D eigenvalue weighted by Gasteiger charge is -2.23. The van der Waals surface area contributed by atoms with E-state index in [0.717, 1.165) is 6.54 Å². The molecule has 1 heterocycles. The molecule has 98 valence electrons. The highest BCUT2D eigenvalue weighted by molar-refractivity contribution is 5.88. The van der Waals surface area contributed by atoms with Crippen LogP contribution in [0.1, 0.15) is 48.7 Å². The van der Waals surface area contributed by atoms with E-state index in [-0.39, 0.29) is 5.56 Å². The Balaban J connectivity index is 1.92. The van der Waals surface area contributed by atoms with Crippen molar-refractivity contribution in [3.05, 3.63) is 23.8 Å². The van der Waals surface area contributed by atoms with Gasteiger partial charge >= 0.3 is 5.97 Å². The molecule has 0 radical (unpaired) electrons. The summed E-state index contributed by atoms with van der Waals surface area (Å²) in [5, 5.41) is 12.3. The van der Waals surface area contributed by atoms with Crippen LogP contribution in [0.25, 0.3) is 0 Å². The Morgan fingerprint density at radius 3 is 2.89 bits per heavy atom. The quantitative estimate of drug-likeness (QED) is 0.833. The largest absolute Gasteiger partial charge is 0.478 e. The Bertz CT molecular complexity index is 428. The fourth-order valence-corrected chi connectivity index (χ4v) is 2.56. The number of hydrogen-bond acceptors (Lipinski definition) is 4. The molecule has 1 fully saturated rings. The Morgan fingerprint density at radius 2 is 2.22 bits per heavy atom.